The molecule has 20 heavy (non-hydrogen) atoms. The average Bonchev–Trinajstić information content (AvgIpc) is 2.78. The minimum absolute atomic E-state index is 0.0461. The molecule has 0 fully saturated rings. The number of anilines is 1. The van der Waals surface area contributed by atoms with Crippen molar-refractivity contribution in [1.29, 1.82) is 0 Å². The van der Waals surface area contributed by atoms with Crippen molar-refractivity contribution in [2.75, 3.05) is 18.6 Å². The van der Waals surface area contributed by atoms with E-state index in [0.29, 0.717) is 10.8 Å². The fraction of sp³-hybridized carbons (Fsp3) is 0.182. The lowest BCUT2D eigenvalue weighted by atomic mass is 10.3. The fourth-order valence-corrected chi connectivity index (χ4v) is 2.21. The second-order valence-corrected chi connectivity index (χ2v) is 4.62. The van der Waals surface area contributed by atoms with Gasteiger partial charge in [0.25, 0.3) is 0 Å². The molecule has 7 nitrogen and oxygen atoms in total. The van der Waals surface area contributed by atoms with Crippen LogP contribution in [-0.4, -0.2) is 38.7 Å². The molecular weight excluding hydrogens is 287 g/mol. The number of carbonyl (C=O) groups is 1. The zero-order chi connectivity index (χ0) is 14.7. The van der Waals surface area contributed by atoms with Gasteiger partial charge in [-0.05, 0) is 12.1 Å². The number of methoxy groups -OCH3 is 1. The van der Waals surface area contributed by atoms with E-state index in [0.717, 1.165) is 11.8 Å². The zero-order valence-corrected chi connectivity index (χ0v) is 11.2. The Labute approximate surface area is 117 Å². The molecule has 0 atom stereocenters. The number of nitrogens with zero attached hydrogens (tertiary/aromatic N) is 3. The van der Waals surface area contributed by atoms with Crippen LogP contribution in [0.15, 0.2) is 23.4 Å². The number of aromatic nitrogens is 3. The van der Waals surface area contributed by atoms with Crippen LogP contribution in [0.2, 0.25) is 0 Å². The smallest absolute Gasteiger partial charge is 0.313 e. The Morgan fingerprint density at radius 3 is 2.95 bits per heavy atom. The molecule has 106 valence electrons. The van der Waals surface area contributed by atoms with E-state index in [1.165, 1.54) is 29.9 Å². The van der Waals surface area contributed by atoms with Crippen molar-refractivity contribution in [2.24, 2.45) is 0 Å². The molecule has 0 saturated heterocycles. The summed E-state index contributed by atoms with van der Waals surface area (Å²) in [5.74, 6) is -1.56. The summed E-state index contributed by atoms with van der Waals surface area (Å²) in [6.45, 7) is 0. The summed E-state index contributed by atoms with van der Waals surface area (Å²) < 4.78 is 19.7. The molecular formula is C11H11FN4O3S. The number of nitrogens with two attached hydrogens (primary N) is 1. The summed E-state index contributed by atoms with van der Waals surface area (Å²) in [6.07, 6.45) is 0. The van der Waals surface area contributed by atoms with Gasteiger partial charge in [0.2, 0.25) is 5.95 Å². The highest BCUT2D eigenvalue weighted by molar-refractivity contribution is 7.99. The maximum atomic E-state index is 13.4. The maximum absolute atomic E-state index is 13.4. The normalized spacial score (nSPS) is 10.5. The first-order valence-corrected chi connectivity index (χ1v) is 6.41. The van der Waals surface area contributed by atoms with Gasteiger partial charge in [-0.25, -0.2) is 4.39 Å². The van der Waals surface area contributed by atoms with Crippen molar-refractivity contribution >= 4 is 23.7 Å². The summed E-state index contributed by atoms with van der Waals surface area (Å²) in [4.78, 5) is 10.6. The Hall–Kier alpha value is -2.29. The molecule has 0 unspecified atom stereocenters. The quantitative estimate of drug-likeness (QED) is 0.799. The van der Waals surface area contributed by atoms with Gasteiger partial charge in [0.05, 0.1) is 18.6 Å². The lowest BCUT2D eigenvalue weighted by molar-refractivity contribution is -0.133. The molecule has 9 heteroatoms. The highest BCUT2D eigenvalue weighted by Crippen LogP contribution is 2.26. The summed E-state index contributed by atoms with van der Waals surface area (Å²) >= 11 is 0.964. The van der Waals surface area contributed by atoms with Crippen molar-refractivity contribution in [1.82, 2.24) is 14.8 Å². The number of carboxylic acids is 1. The van der Waals surface area contributed by atoms with Gasteiger partial charge in [0, 0.05) is 6.07 Å². The van der Waals surface area contributed by atoms with Gasteiger partial charge in [-0.15, -0.1) is 10.2 Å². The molecule has 1 aromatic carbocycles. The van der Waals surface area contributed by atoms with Gasteiger partial charge in [-0.3, -0.25) is 9.36 Å². The third kappa shape index (κ3) is 2.82. The minimum atomic E-state index is -0.986. The molecule has 0 aliphatic rings. The maximum Gasteiger partial charge on any atom is 0.313 e. The number of nitrogen functional groups attached to an aromatic ring is 1. The van der Waals surface area contributed by atoms with Gasteiger partial charge in [-0.1, -0.05) is 11.8 Å². The summed E-state index contributed by atoms with van der Waals surface area (Å²) in [5, 5.41) is 16.5. The minimum Gasteiger partial charge on any atom is -0.494 e. The van der Waals surface area contributed by atoms with Crippen LogP contribution in [0.4, 0.5) is 10.3 Å². The summed E-state index contributed by atoms with van der Waals surface area (Å²) in [5.41, 5.74) is 6.19. The third-order valence-corrected chi connectivity index (χ3v) is 3.29. The van der Waals surface area contributed by atoms with Crippen LogP contribution in [0, 0.1) is 5.82 Å². The van der Waals surface area contributed by atoms with Crippen LogP contribution in [0.1, 0.15) is 0 Å². The molecule has 0 bridgehead atoms. The first-order chi connectivity index (χ1) is 9.52. The Morgan fingerprint density at radius 2 is 2.30 bits per heavy atom. The molecule has 1 heterocycles. The highest BCUT2D eigenvalue weighted by atomic mass is 32.2. The molecule has 2 aromatic rings. The van der Waals surface area contributed by atoms with E-state index in [4.69, 9.17) is 15.6 Å². The highest BCUT2D eigenvalue weighted by Gasteiger charge is 2.15. The number of aliphatic carboxylic acids is 1. The van der Waals surface area contributed by atoms with E-state index in [-0.39, 0.29) is 17.5 Å². The second-order valence-electron chi connectivity index (χ2n) is 3.68. The largest absolute Gasteiger partial charge is 0.494 e. The molecule has 3 N–H and O–H groups in total. The van der Waals surface area contributed by atoms with E-state index in [9.17, 15) is 9.18 Å². The number of hydrogen-bond acceptors (Lipinski definition) is 6. The lowest BCUT2D eigenvalue weighted by Gasteiger charge is -2.09. The first-order valence-electron chi connectivity index (χ1n) is 5.42. The molecule has 0 spiro atoms. The van der Waals surface area contributed by atoms with E-state index < -0.39 is 11.8 Å². The van der Waals surface area contributed by atoms with Crippen molar-refractivity contribution < 1.29 is 19.0 Å². The molecule has 0 saturated carbocycles. The summed E-state index contributed by atoms with van der Waals surface area (Å²) in [6, 6.07) is 4.13. The molecule has 0 aliphatic heterocycles. The van der Waals surface area contributed by atoms with Crippen LogP contribution in [0.5, 0.6) is 5.75 Å². The zero-order valence-electron chi connectivity index (χ0n) is 10.4. The number of hydrogen-bond donors (Lipinski definition) is 2. The number of rotatable bonds is 5. The van der Waals surface area contributed by atoms with Crippen LogP contribution < -0.4 is 10.5 Å². The fourth-order valence-electron chi connectivity index (χ4n) is 1.53. The number of ether oxygens (including phenoxy) is 1. The van der Waals surface area contributed by atoms with E-state index in [1.807, 2.05) is 0 Å². The van der Waals surface area contributed by atoms with Crippen LogP contribution in [-0.2, 0) is 4.79 Å². The monoisotopic (exact) mass is 298 g/mol. The Morgan fingerprint density at radius 1 is 1.55 bits per heavy atom. The Kier molecular flexibility index (Phi) is 4.08. The standard InChI is InChI=1S/C11H11FN4O3S/c1-19-8-4-6(2-3-7(8)12)16-10(13)14-15-11(16)20-5-9(17)18/h2-4H,5H2,1H3,(H2,13,14)(H,17,18). The molecule has 0 radical (unpaired) electrons. The Bertz CT molecular complexity index is 647. The van der Waals surface area contributed by atoms with Crippen molar-refractivity contribution in [3.63, 3.8) is 0 Å². The number of carboxylic acid groups (broad SMARTS) is 1. The molecule has 0 amide bonds. The van der Waals surface area contributed by atoms with Gasteiger partial charge in [0.15, 0.2) is 16.7 Å². The van der Waals surface area contributed by atoms with E-state index in [2.05, 4.69) is 10.2 Å². The van der Waals surface area contributed by atoms with Gasteiger partial charge in [0.1, 0.15) is 0 Å². The van der Waals surface area contributed by atoms with Crippen molar-refractivity contribution in [2.45, 2.75) is 5.16 Å². The molecule has 1 aromatic heterocycles. The van der Waals surface area contributed by atoms with Crippen molar-refractivity contribution in [3.8, 4) is 11.4 Å². The number of thioether (sulfide) groups is 1. The topological polar surface area (TPSA) is 103 Å². The van der Waals surface area contributed by atoms with Gasteiger partial charge >= 0.3 is 5.97 Å². The van der Waals surface area contributed by atoms with Gasteiger partial charge < -0.3 is 15.6 Å². The van der Waals surface area contributed by atoms with Crippen LogP contribution in [0.3, 0.4) is 0 Å². The number of halogens is 1. The summed E-state index contributed by atoms with van der Waals surface area (Å²) in [7, 11) is 1.35. The Balaban J connectivity index is 2.41. The molecule has 0 aliphatic carbocycles. The lowest BCUT2D eigenvalue weighted by Crippen LogP contribution is -2.05. The molecule has 2 rings (SSSR count). The SMILES string of the molecule is COc1cc(-n2c(N)nnc2SCC(=O)O)ccc1F. The number of benzene rings is 1. The predicted molar refractivity (Wildman–Crippen MR) is 70.6 cm³/mol. The van der Waals surface area contributed by atoms with Crippen LogP contribution in [0.25, 0.3) is 5.69 Å². The first kappa shape index (κ1) is 14.1. The second kappa shape index (κ2) is 5.78. The average molecular weight is 298 g/mol. The van der Waals surface area contributed by atoms with Crippen LogP contribution >= 0.6 is 11.8 Å². The van der Waals surface area contributed by atoms with E-state index >= 15 is 0 Å². The van der Waals surface area contributed by atoms with Crippen molar-refractivity contribution in [3.05, 3.63) is 24.0 Å². The predicted octanol–water partition coefficient (Wildman–Crippen LogP) is 1.17. The van der Waals surface area contributed by atoms with E-state index in [1.54, 1.807) is 0 Å². The van der Waals surface area contributed by atoms with Gasteiger partial charge in [-0.2, -0.15) is 0 Å². The third-order valence-electron chi connectivity index (χ3n) is 2.38.